The normalized spacial score (nSPS) is 19.8. The van der Waals surface area contributed by atoms with Crippen LogP contribution in [0.1, 0.15) is 19.5 Å². The first-order chi connectivity index (χ1) is 14.5. The summed E-state index contributed by atoms with van der Waals surface area (Å²) in [7, 11) is -1.10. The minimum absolute atomic E-state index is 0.00504. The number of halogens is 1. The topological polar surface area (TPSA) is 81.6 Å². The Morgan fingerprint density at radius 2 is 1.87 bits per heavy atom. The van der Waals surface area contributed by atoms with Gasteiger partial charge in [-0.25, -0.2) is 4.98 Å². The van der Waals surface area contributed by atoms with Gasteiger partial charge in [0.2, 0.25) is 5.95 Å². The van der Waals surface area contributed by atoms with Crippen LogP contribution < -0.4 is 15.1 Å². The van der Waals surface area contributed by atoms with Crippen molar-refractivity contribution in [3.8, 4) is 0 Å². The highest BCUT2D eigenvalue weighted by molar-refractivity contribution is 7.85. The molecule has 2 N–H and O–H groups in total. The second kappa shape index (κ2) is 9.08. The van der Waals surface area contributed by atoms with Crippen LogP contribution in [-0.4, -0.2) is 63.9 Å². The van der Waals surface area contributed by atoms with Crippen LogP contribution in [0, 0.1) is 5.92 Å². The summed E-state index contributed by atoms with van der Waals surface area (Å²) >= 11 is 6.36. The highest BCUT2D eigenvalue weighted by Gasteiger charge is 2.29. The molecule has 0 bridgehead atoms. The Bertz CT molecular complexity index is 934. The molecule has 0 saturated carbocycles. The van der Waals surface area contributed by atoms with E-state index in [2.05, 4.69) is 15.1 Å². The van der Waals surface area contributed by atoms with Crippen LogP contribution in [0.5, 0.6) is 0 Å². The van der Waals surface area contributed by atoms with Crippen LogP contribution in [0.4, 0.5) is 17.5 Å². The van der Waals surface area contributed by atoms with Gasteiger partial charge in [-0.1, -0.05) is 37.6 Å². The third-order valence-corrected chi connectivity index (χ3v) is 7.53. The molecular formula is C21H28ClN5O2S. The van der Waals surface area contributed by atoms with E-state index < -0.39 is 10.8 Å². The Morgan fingerprint density at radius 3 is 2.53 bits per heavy atom. The van der Waals surface area contributed by atoms with Crippen molar-refractivity contribution < 1.29 is 9.32 Å². The summed E-state index contributed by atoms with van der Waals surface area (Å²) in [5, 5.41) is 13.8. The summed E-state index contributed by atoms with van der Waals surface area (Å²) < 4.78 is 12.5. The molecule has 0 aliphatic carbocycles. The standard InChI is InChI=1S/C21H28ClN5O2S/c1-14(2)17(13-28)23-20-19-16(7-12-30(19)29)24-21(25-20)27-10-8-26(9-11-27)18-6-4-3-5-15(18)22/h3-6,14,17,28H,7-13H2,1-2H3,(H,23,24,25)/t17-,30?/m0/s1. The molecule has 162 valence electrons. The van der Waals surface area contributed by atoms with Crippen LogP contribution in [0.25, 0.3) is 0 Å². The van der Waals surface area contributed by atoms with Gasteiger partial charge in [0, 0.05) is 38.4 Å². The van der Waals surface area contributed by atoms with Crippen LogP contribution in [0.3, 0.4) is 0 Å². The zero-order valence-corrected chi connectivity index (χ0v) is 18.9. The van der Waals surface area contributed by atoms with E-state index in [1.807, 2.05) is 38.1 Å². The zero-order valence-electron chi connectivity index (χ0n) is 17.3. The number of hydrogen-bond acceptors (Lipinski definition) is 7. The van der Waals surface area contributed by atoms with Crippen LogP contribution in [0.15, 0.2) is 29.2 Å². The van der Waals surface area contributed by atoms with Gasteiger partial charge >= 0.3 is 0 Å². The lowest BCUT2D eigenvalue weighted by Crippen LogP contribution is -2.47. The summed E-state index contributed by atoms with van der Waals surface area (Å²) in [5.41, 5.74) is 1.91. The van der Waals surface area contributed by atoms with Crippen molar-refractivity contribution in [1.82, 2.24) is 9.97 Å². The molecule has 0 amide bonds. The van der Waals surface area contributed by atoms with E-state index in [4.69, 9.17) is 21.6 Å². The Balaban J connectivity index is 1.56. The minimum Gasteiger partial charge on any atom is -0.394 e. The Kier molecular flexibility index (Phi) is 6.46. The average molecular weight is 450 g/mol. The number of aliphatic hydroxyl groups is 1. The van der Waals surface area contributed by atoms with Crippen molar-refractivity contribution in [3.05, 3.63) is 35.0 Å². The summed E-state index contributed by atoms with van der Waals surface area (Å²) in [6, 6.07) is 7.75. The van der Waals surface area contributed by atoms with Gasteiger partial charge in [0.1, 0.15) is 10.7 Å². The van der Waals surface area contributed by atoms with Crippen molar-refractivity contribution in [2.75, 3.05) is 53.7 Å². The predicted octanol–water partition coefficient (Wildman–Crippen LogP) is 2.55. The number of piperazine rings is 1. The third kappa shape index (κ3) is 4.26. The fourth-order valence-corrected chi connectivity index (χ4v) is 5.45. The predicted molar refractivity (Wildman–Crippen MR) is 122 cm³/mol. The second-order valence-corrected chi connectivity index (χ2v) is 9.97. The van der Waals surface area contributed by atoms with E-state index in [1.165, 1.54) is 0 Å². The smallest absolute Gasteiger partial charge is 0.227 e. The largest absolute Gasteiger partial charge is 0.394 e. The lowest BCUT2D eigenvalue weighted by atomic mass is 10.1. The molecule has 30 heavy (non-hydrogen) atoms. The van der Waals surface area contributed by atoms with Crippen LogP contribution in [0.2, 0.25) is 5.02 Å². The van der Waals surface area contributed by atoms with Gasteiger partial charge in [0.15, 0.2) is 0 Å². The molecule has 0 spiro atoms. The molecule has 4 rings (SSSR count). The molecule has 9 heteroatoms. The Morgan fingerprint density at radius 1 is 1.17 bits per heavy atom. The van der Waals surface area contributed by atoms with Gasteiger partial charge < -0.3 is 20.2 Å². The first-order valence-corrected chi connectivity index (χ1v) is 12.1. The number of aromatic nitrogens is 2. The number of nitrogens with one attached hydrogen (secondary N) is 1. The van der Waals surface area contributed by atoms with Crippen LogP contribution >= 0.6 is 11.6 Å². The van der Waals surface area contributed by atoms with E-state index in [0.29, 0.717) is 28.8 Å². The molecule has 1 fully saturated rings. The maximum atomic E-state index is 12.5. The fourth-order valence-electron chi connectivity index (χ4n) is 3.88. The number of para-hydroxylation sites is 1. The molecular weight excluding hydrogens is 422 g/mol. The fraction of sp³-hybridized carbons (Fsp3) is 0.524. The zero-order chi connectivity index (χ0) is 21.3. The van der Waals surface area contributed by atoms with Gasteiger partial charge in [-0.05, 0) is 18.1 Å². The van der Waals surface area contributed by atoms with E-state index in [0.717, 1.165) is 42.6 Å². The number of aryl methyl sites for hydroxylation is 1. The van der Waals surface area contributed by atoms with Gasteiger partial charge in [-0.3, -0.25) is 4.21 Å². The molecule has 0 radical (unpaired) electrons. The number of aliphatic hydroxyl groups excluding tert-OH is 1. The Labute approximate surface area is 184 Å². The lowest BCUT2D eigenvalue weighted by Gasteiger charge is -2.36. The monoisotopic (exact) mass is 449 g/mol. The maximum Gasteiger partial charge on any atom is 0.227 e. The van der Waals surface area contributed by atoms with Gasteiger partial charge in [-0.15, -0.1) is 0 Å². The Hall–Kier alpha value is -1.90. The molecule has 2 atom stereocenters. The van der Waals surface area contributed by atoms with Crippen molar-refractivity contribution in [1.29, 1.82) is 0 Å². The van der Waals surface area contributed by atoms with Crippen molar-refractivity contribution in [3.63, 3.8) is 0 Å². The molecule has 1 saturated heterocycles. The van der Waals surface area contributed by atoms with Crippen molar-refractivity contribution >= 4 is 39.9 Å². The van der Waals surface area contributed by atoms with Crippen molar-refractivity contribution in [2.45, 2.75) is 31.2 Å². The summed E-state index contributed by atoms with van der Waals surface area (Å²) in [6.45, 7) is 7.28. The quantitative estimate of drug-likeness (QED) is 0.701. The van der Waals surface area contributed by atoms with Gasteiger partial charge in [-0.2, -0.15) is 4.98 Å². The molecule has 7 nitrogen and oxygen atoms in total. The average Bonchev–Trinajstić information content (AvgIpc) is 3.13. The lowest BCUT2D eigenvalue weighted by molar-refractivity contribution is 0.249. The number of hydrogen-bond donors (Lipinski definition) is 2. The molecule has 1 unspecified atom stereocenters. The molecule has 2 aromatic rings. The van der Waals surface area contributed by atoms with E-state index in [-0.39, 0.29) is 18.6 Å². The van der Waals surface area contributed by atoms with Crippen LogP contribution in [-0.2, 0) is 17.2 Å². The first-order valence-electron chi connectivity index (χ1n) is 10.4. The first kappa shape index (κ1) is 21.3. The molecule has 3 heterocycles. The maximum absolute atomic E-state index is 12.5. The number of rotatable bonds is 6. The van der Waals surface area contributed by atoms with E-state index in [9.17, 15) is 9.32 Å². The second-order valence-electron chi connectivity index (χ2n) is 8.05. The SMILES string of the molecule is CC(C)[C@H](CO)Nc1nc(N2CCN(c3ccccc3Cl)CC2)nc2c1S(=O)CC2. The van der Waals surface area contributed by atoms with Crippen molar-refractivity contribution in [2.24, 2.45) is 5.92 Å². The molecule has 2 aliphatic rings. The van der Waals surface area contributed by atoms with E-state index in [1.54, 1.807) is 0 Å². The third-order valence-electron chi connectivity index (χ3n) is 5.76. The molecule has 1 aromatic carbocycles. The highest BCUT2D eigenvalue weighted by Crippen LogP contribution is 2.32. The summed E-state index contributed by atoms with van der Waals surface area (Å²) in [4.78, 5) is 14.7. The number of benzene rings is 1. The number of nitrogens with zero attached hydrogens (tertiary/aromatic N) is 4. The summed E-state index contributed by atoms with van der Waals surface area (Å²) in [6.07, 6.45) is 0.692. The van der Waals surface area contributed by atoms with E-state index >= 15 is 0 Å². The molecule has 2 aliphatic heterocycles. The minimum atomic E-state index is -1.10. The summed E-state index contributed by atoms with van der Waals surface area (Å²) in [5.74, 6) is 2.06. The van der Waals surface area contributed by atoms with Gasteiger partial charge in [0.05, 0.1) is 39.9 Å². The number of fused-ring (bicyclic) bond motifs is 1. The van der Waals surface area contributed by atoms with Gasteiger partial charge in [0.25, 0.3) is 0 Å². The number of anilines is 3. The highest BCUT2D eigenvalue weighted by atomic mass is 35.5. The molecule has 1 aromatic heterocycles.